The summed E-state index contributed by atoms with van der Waals surface area (Å²) < 4.78 is 93.5. The molecule has 1 aliphatic rings. The molecule has 7 nitrogen and oxygen atoms in total. The maximum absolute atomic E-state index is 13.0. The van der Waals surface area contributed by atoms with Crippen LogP contribution in [-0.4, -0.2) is 50.9 Å². The summed E-state index contributed by atoms with van der Waals surface area (Å²) in [5.74, 6) is -1.54. The van der Waals surface area contributed by atoms with Crippen molar-refractivity contribution < 1.29 is 39.9 Å². The molecule has 3 atom stereocenters. The summed E-state index contributed by atoms with van der Waals surface area (Å²) in [7, 11) is -3.43. The number of benzene rings is 2. The van der Waals surface area contributed by atoms with Crippen LogP contribution in [0.1, 0.15) is 47.4 Å². The topological polar surface area (TPSA) is 103 Å². The molecule has 41 heavy (non-hydrogen) atoms. The van der Waals surface area contributed by atoms with E-state index >= 15 is 0 Å². The Kier molecular flexibility index (Phi) is 8.97. The van der Waals surface area contributed by atoms with Crippen LogP contribution in [0, 0.1) is 0 Å². The highest BCUT2D eigenvalue weighted by Gasteiger charge is 2.36. The number of hydrogen-bond donors (Lipinski definition) is 1. The molecule has 1 amide bonds. The summed E-state index contributed by atoms with van der Waals surface area (Å²) in [6, 6.07) is 13.3. The minimum Gasteiger partial charge on any atom is -0.369 e. The second-order valence-corrected chi connectivity index (χ2v) is 12.0. The number of sulfone groups is 1. The predicted molar refractivity (Wildman–Crippen MR) is 141 cm³/mol. The number of pyridine rings is 1. The van der Waals surface area contributed by atoms with Crippen LogP contribution in [0.5, 0.6) is 0 Å². The summed E-state index contributed by atoms with van der Waals surface area (Å²) in [4.78, 5) is 18.7. The first-order valence-corrected chi connectivity index (χ1v) is 14.4. The third-order valence-electron chi connectivity index (χ3n) is 7.17. The first-order chi connectivity index (χ1) is 19.3. The summed E-state index contributed by atoms with van der Waals surface area (Å²) in [6.07, 6.45) is -2.70. The summed E-state index contributed by atoms with van der Waals surface area (Å²) >= 11 is 0. The molecule has 2 aromatic carbocycles. The fourth-order valence-electron chi connectivity index (χ4n) is 5.02. The van der Waals surface area contributed by atoms with Crippen molar-refractivity contribution in [2.75, 3.05) is 23.8 Å². The van der Waals surface area contributed by atoms with Crippen LogP contribution in [0.2, 0.25) is 0 Å². The lowest BCUT2D eigenvalue weighted by molar-refractivity contribution is -0.137. The van der Waals surface area contributed by atoms with Crippen LogP contribution in [0.15, 0.2) is 71.8 Å². The Morgan fingerprint density at radius 2 is 1.68 bits per heavy atom. The molecule has 1 aromatic heterocycles. The lowest BCUT2D eigenvalue weighted by Crippen LogP contribution is -2.34. The predicted octanol–water partition coefficient (Wildman–Crippen LogP) is 5.11. The van der Waals surface area contributed by atoms with E-state index in [4.69, 9.17) is 5.73 Å². The third-order valence-corrected chi connectivity index (χ3v) is 8.92. The molecule has 220 valence electrons. The zero-order chi connectivity index (χ0) is 29.9. The van der Waals surface area contributed by atoms with Gasteiger partial charge in [-0.05, 0) is 53.4 Å². The Morgan fingerprint density at radius 1 is 1.05 bits per heavy atom. The van der Waals surface area contributed by atoms with E-state index in [2.05, 4.69) is 9.72 Å². The lowest BCUT2D eigenvalue weighted by atomic mass is 9.92. The molecule has 13 heteroatoms. The maximum Gasteiger partial charge on any atom is 0.416 e. The number of rotatable bonds is 10. The largest absolute Gasteiger partial charge is 0.416 e. The number of amides is 1. The van der Waals surface area contributed by atoms with Gasteiger partial charge in [-0.1, -0.05) is 37.3 Å². The number of ether oxygens (including phenoxy) is 1. The normalized spacial score (nSPS) is 18.6. The number of hydrogen-bond acceptors (Lipinski definition) is 6. The zero-order valence-electron chi connectivity index (χ0n) is 21.9. The average Bonchev–Trinajstić information content (AvgIpc) is 3.36. The summed E-state index contributed by atoms with van der Waals surface area (Å²) in [5, 5.41) is 0. The van der Waals surface area contributed by atoms with Crippen molar-refractivity contribution in [3.63, 3.8) is 0 Å². The van der Waals surface area contributed by atoms with Crippen molar-refractivity contribution >= 4 is 21.6 Å². The van der Waals surface area contributed by atoms with Gasteiger partial charge in [0.2, 0.25) is 5.91 Å². The fraction of sp³-hybridized carbons (Fsp3) is 0.357. The van der Waals surface area contributed by atoms with E-state index in [1.165, 1.54) is 49.5 Å². The number of nitrogens with zero attached hydrogens (tertiary/aromatic N) is 2. The third kappa shape index (κ3) is 7.02. The highest BCUT2D eigenvalue weighted by Crippen LogP contribution is 2.37. The molecule has 0 spiro atoms. The Balaban J connectivity index is 1.58. The van der Waals surface area contributed by atoms with E-state index in [9.17, 15) is 35.2 Å². The van der Waals surface area contributed by atoms with Crippen molar-refractivity contribution in [3.8, 4) is 0 Å². The van der Waals surface area contributed by atoms with Gasteiger partial charge in [0.15, 0.2) is 9.84 Å². The monoisotopic (exact) mass is 597 g/mol. The van der Waals surface area contributed by atoms with Crippen LogP contribution in [0.4, 0.5) is 27.8 Å². The SMILES string of the molecule is CCS(=O)(=O)c1ccc(C(C(N)=O)c2ccc(N3CC(c4ccc(C(F)(F)F)cc4)C[C@H]3COC(F)F)nc2)cc1. The smallest absolute Gasteiger partial charge is 0.369 e. The van der Waals surface area contributed by atoms with Gasteiger partial charge in [0.05, 0.1) is 34.8 Å². The van der Waals surface area contributed by atoms with Gasteiger partial charge in [0, 0.05) is 18.7 Å². The zero-order valence-corrected chi connectivity index (χ0v) is 22.7. The van der Waals surface area contributed by atoms with Gasteiger partial charge in [-0.25, -0.2) is 13.4 Å². The standard InChI is InChI=1S/C28H28F5N3O4S/c1-2-41(38,39)23-10-5-18(6-11-23)25(26(34)37)19-7-12-24(35-14-19)36-15-20(13-22(36)16-40-27(29)30)17-3-8-21(9-4-17)28(31,32)33/h3-12,14,20,22,25,27H,2,13,15-16H2,1H3,(H2,34,37)/t20?,22-,25?/m0/s1. The Hall–Kier alpha value is -3.58. The van der Waals surface area contributed by atoms with Gasteiger partial charge in [-0.2, -0.15) is 22.0 Å². The number of carbonyl (C=O) groups is 1. The first-order valence-electron chi connectivity index (χ1n) is 12.7. The lowest BCUT2D eigenvalue weighted by Gasteiger charge is -2.26. The quantitative estimate of drug-likeness (QED) is 0.326. The number of nitrogens with two attached hydrogens (primary N) is 1. The van der Waals surface area contributed by atoms with Gasteiger partial charge in [0.25, 0.3) is 0 Å². The molecule has 4 rings (SSSR count). The minimum absolute atomic E-state index is 0.0729. The molecule has 2 heterocycles. The summed E-state index contributed by atoms with van der Waals surface area (Å²) in [5.41, 5.74) is 6.42. The molecule has 0 bridgehead atoms. The van der Waals surface area contributed by atoms with Crippen LogP contribution in [0.3, 0.4) is 0 Å². The number of alkyl halides is 5. The van der Waals surface area contributed by atoms with Crippen molar-refractivity contribution in [2.45, 2.75) is 48.9 Å². The van der Waals surface area contributed by atoms with E-state index in [0.29, 0.717) is 35.5 Å². The van der Waals surface area contributed by atoms with Gasteiger partial charge in [-0.3, -0.25) is 4.79 Å². The van der Waals surface area contributed by atoms with Crippen molar-refractivity contribution in [1.82, 2.24) is 4.98 Å². The van der Waals surface area contributed by atoms with E-state index in [1.54, 1.807) is 17.0 Å². The van der Waals surface area contributed by atoms with Crippen LogP contribution in [0.25, 0.3) is 0 Å². The molecule has 2 unspecified atom stereocenters. The number of aromatic nitrogens is 1. The van der Waals surface area contributed by atoms with Crippen LogP contribution in [-0.2, 0) is 25.5 Å². The van der Waals surface area contributed by atoms with E-state index in [-0.39, 0.29) is 23.2 Å². The molecule has 2 N–H and O–H groups in total. The van der Waals surface area contributed by atoms with Crippen LogP contribution >= 0.6 is 0 Å². The molecular formula is C28H28F5N3O4S. The summed E-state index contributed by atoms with van der Waals surface area (Å²) in [6.45, 7) is -1.50. The van der Waals surface area contributed by atoms with E-state index in [1.807, 2.05) is 0 Å². The number of primary amides is 1. The molecule has 0 aliphatic carbocycles. The fourth-order valence-corrected chi connectivity index (χ4v) is 5.90. The van der Waals surface area contributed by atoms with E-state index in [0.717, 1.165) is 12.1 Å². The molecule has 1 saturated heterocycles. The van der Waals surface area contributed by atoms with Crippen molar-refractivity contribution in [3.05, 3.63) is 89.1 Å². The molecule has 0 radical (unpaired) electrons. The number of carbonyl (C=O) groups excluding carboxylic acids is 1. The molecule has 3 aromatic rings. The highest BCUT2D eigenvalue weighted by atomic mass is 32.2. The van der Waals surface area contributed by atoms with Gasteiger partial charge in [-0.15, -0.1) is 0 Å². The average molecular weight is 598 g/mol. The van der Waals surface area contributed by atoms with Gasteiger partial charge >= 0.3 is 12.8 Å². The van der Waals surface area contributed by atoms with Gasteiger partial charge in [0.1, 0.15) is 5.82 Å². The second kappa shape index (κ2) is 12.1. The first kappa shape index (κ1) is 30.4. The Labute approximate surface area is 234 Å². The van der Waals surface area contributed by atoms with Crippen LogP contribution < -0.4 is 10.6 Å². The molecule has 1 aliphatic heterocycles. The maximum atomic E-state index is 13.0. The molecule has 1 fully saturated rings. The Morgan fingerprint density at radius 3 is 2.20 bits per heavy atom. The number of anilines is 1. The van der Waals surface area contributed by atoms with Crippen molar-refractivity contribution in [2.24, 2.45) is 5.73 Å². The Bertz CT molecular complexity index is 1450. The highest BCUT2D eigenvalue weighted by molar-refractivity contribution is 7.91. The second-order valence-electron chi connectivity index (χ2n) is 9.71. The minimum atomic E-state index is -4.47. The number of halogens is 5. The van der Waals surface area contributed by atoms with Crippen molar-refractivity contribution in [1.29, 1.82) is 0 Å². The molecular weight excluding hydrogens is 569 g/mol. The van der Waals surface area contributed by atoms with E-state index < -0.39 is 46.1 Å². The van der Waals surface area contributed by atoms with Gasteiger partial charge < -0.3 is 15.4 Å². The molecule has 0 saturated carbocycles.